The standard InChI is InChI=1S/C27H26ClN5/c28-27(13-11-21(12-14-27)20-6-2-1-3-7-20)23-9-10-24-22(16-23)17-32(25-8-4-5-15-29-25)18-26-31-30-19-33(24)26/h1-10,15-16,19,21H,11-14,17-18H2. The zero-order chi connectivity index (χ0) is 22.3. The SMILES string of the molecule is ClC1(c2ccc3c(c2)CN(c2ccccn2)Cc2nncn2-3)CCC(c2ccccc2)CC1. The molecule has 0 N–H and O–H groups in total. The Kier molecular flexibility index (Phi) is 5.14. The molecule has 2 aromatic carbocycles. The summed E-state index contributed by atoms with van der Waals surface area (Å²) in [7, 11) is 0. The molecule has 33 heavy (non-hydrogen) atoms. The zero-order valence-corrected chi connectivity index (χ0v) is 19.2. The first-order chi connectivity index (χ1) is 16.2. The van der Waals surface area contributed by atoms with Gasteiger partial charge in [-0.05, 0) is 66.5 Å². The maximum absolute atomic E-state index is 7.31. The smallest absolute Gasteiger partial charge is 0.157 e. The Labute approximate surface area is 199 Å². The summed E-state index contributed by atoms with van der Waals surface area (Å²) in [5.41, 5.74) is 4.99. The van der Waals surface area contributed by atoms with Gasteiger partial charge >= 0.3 is 0 Å². The minimum absolute atomic E-state index is 0.321. The van der Waals surface area contributed by atoms with Crippen LogP contribution < -0.4 is 4.90 Å². The number of hydrogen-bond acceptors (Lipinski definition) is 4. The van der Waals surface area contributed by atoms with Crippen LogP contribution in [0.25, 0.3) is 5.69 Å². The molecule has 0 spiro atoms. The maximum atomic E-state index is 7.31. The monoisotopic (exact) mass is 455 g/mol. The number of rotatable bonds is 3. The van der Waals surface area contributed by atoms with Gasteiger partial charge in [-0.1, -0.05) is 48.5 Å². The first-order valence-corrected chi connectivity index (χ1v) is 12.0. The molecule has 1 aliphatic heterocycles. The van der Waals surface area contributed by atoms with Gasteiger partial charge in [-0.3, -0.25) is 4.57 Å². The molecule has 0 radical (unpaired) electrons. The van der Waals surface area contributed by atoms with Gasteiger partial charge in [0.1, 0.15) is 12.1 Å². The molecular weight excluding hydrogens is 430 g/mol. The highest BCUT2D eigenvalue weighted by Crippen LogP contribution is 2.48. The van der Waals surface area contributed by atoms with Crippen LogP contribution in [-0.2, 0) is 18.0 Å². The Hall–Kier alpha value is -3.18. The summed E-state index contributed by atoms with van der Waals surface area (Å²) in [5.74, 6) is 2.45. The molecule has 1 aliphatic carbocycles. The van der Waals surface area contributed by atoms with Gasteiger partial charge in [-0.25, -0.2) is 4.98 Å². The number of aromatic nitrogens is 4. The van der Waals surface area contributed by atoms with Crippen LogP contribution in [0.15, 0.2) is 79.3 Å². The molecule has 3 heterocycles. The van der Waals surface area contributed by atoms with E-state index in [-0.39, 0.29) is 4.87 Å². The second-order valence-corrected chi connectivity index (χ2v) is 9.88. The Balaban J connectivity index is 1.31. The molecule has 4 aromatic rings. The molecule has 1 saturated carbocycles. The molecular formula is C27H26ClN5. The van der Waals surface area contributed by atoms with Gasteiger partial charge in [-0.2, -0.15) is 0 Å². The number of pyridine rings is 1. The number of alkyl halides is 1. The van der Waals surface area contributed by atoms with E-state index in [2.05, 4.69) is 73.2 Å². The Morgan fingerprint density at radius 2 is 1.73 bits per heavy atom. The van der Waals surface area contributed by atoms with Crippen molar-refractivity contribution in [2.24, 2.45) is 0 Å². The summed E-state index contributed by atoms with van der Waals surface area (Å²) in [6.45, 7) is 1.41. The molecule has 0 atom stereocenters. The molecule has 0 unspecified atom stereocenters. The van der Waals surface area contributed by atoms with E-state index in [1.54, 1.807) is 6.33 Å². The molecule has 0 amide bonds. The molecule has 1 fully saturated rings. The molecule has 2 aliphatic rings. The van der Waals surface area contributed by atoms with Crippen molar-refractivity contribution in [3.63, 3.8) is 0 Å². The normalized spacial score (nSPS) is 22.3. The lowest BCUT2D eigenvalue weighted by molar-refractivity contribution is 0.359. The summed E-state index contributed by atoms with van der Waals surface area (Å²) in [6.07, 6.45) is 7.82. The lowest BCUT2D eigenvalue weighted by Gasteiger charge is -2.36. The number of hydrogen-bond donors (Lipinski definition) is 0. The maximum Gasteiger partial charge on any atom is 0.157 e. The average molecular weight is 456 g/mol. The van der Waals surface area contributed by atoms with Gasteiger partial charge < -0.3 is 4.90 Å². The molecule has 6 rings (SSSR count). The summed E-state index contributed by atoms with van der Waals surface area (Å²) >= 11 is 7.31. The first-order valence-electron chi connectivity index (χ1n) is 11.6. The lowest BCUT2D eigenvalue weighted by atomic mass is 9.75. The zero-order valence-electron chi connectivity index (χ0n) is 18.4. The van der Waals surface area contributed by atoms with Gasteiger partial charge in [0.25, 0.3) is 0 Å². The largest absolute Gasteiger partial charge is 0.345 e. The number of halogens is 1. The number of fused-ring (bicyclic) bond motifs is 3. The Bertz CT molecular complexity index is 1250. The summed E-state index contributed by atoms with van der Waals surface area (Å²) in [6, 6.07) is 23.6. The number of anilines is 1. The minimum Gasteiger partial charge on any atom is -0.345 e. The highest BCUT2D eigenvalue weighted by Gasteiger charge is 2.36. The van der Waals surface area contributed by atoms with Gasteiger partial charge in [0.05, 0.1) is 17.1 Å². The van der Waals surface area contributed by atoms with Crippen molar-refractivity contribution < 1.29 is 0 Å². The number of nitrogens with zero attached hydrogens (tertiary/aromatic N) is 5. The van der Waals surface area contributed by atoms with E-state index < -0.39 is 0 Å². The third-order valence-electron chi connectivity index (χ3n) is 7.19. The van der Waals surface area contributed by atoms with Gasteiger partial charge in [0, 0.05) is 12.7 Å². The van der Waals surface area contributed by atoms with E-state index in [4.69, 9.17) is 11.6 Å². The fraction of sp³-hybridized carbons (Fsp3) is 0.296. The molecule has 2 aromatic heterocycles. The second kappa shape index (κ2) is 8.31. The molecule has 6 heteroatoms. The van der Waals surface area contributed by atoms with E-state index in [1.165, 1.54) is 16.7 Å². The van der Waals surface area contributed by atoms with Crippen molar-refractivity contribution in [3.05, 3.63) is 102 Å². The van der Waals surface area contributed by atoms with Crippen molar-refractivity contribution >= 4 is 17.4 Å². The van der Waals surface area contributed by atoms with Crippen molar-refractivity contribution in [2.75, 3.05) is 4.90 Å². The fourth-order valence-electron chi connectivity index (χ4n) is 5.35. The van der Waals surface area contributed by atoms with E-state index in [0.717, 1.165) is 49.6 Å². The lowest BCUT2D eigenvalue weighted by Crippen LogP contribution is -2.26. The first kappa shape index (κ1) is 20.4. The van der Waals surface area contributed by atoms with Crippen LogP contribution in [0.2, 0.25) is 0 Å². The van der Waals surface area contributed by atoms with Gasteiger partial charge in [-0.15, -0.1) is 21.8 Å². The van der Waals surface area contributed by atoms with Crippen molar-refractivity contribution in [1.29, 1.82) is 0 Å². The highest BCUT2D eigenvalue weighted by molar-refractivity contribution is 6.24. The van der Waals surface area contributed by atoms with Crippen LogP contribution in [-0.4, -0.2) is 19.7 Å². The van der Waals surface area contributed by atoms with Crippen LogP contribution in [0, 0.1) is 0 Å². The van der Waals surface area contributed by atoms with Crippen molar-refractivity contribution in [2.45, 2.75) is 49.6 Å². The minimum atomic E-state index is -0.321. The molecule has 166 valence electrons. The number of benzene rings is 2. The van der Waals surface area contributed by atoms with Crippen molar-refractivity contribution in [1.82, 2.24) is 19.7 Å². The Morgan fingerprint density at radius 3 is 2.52 bits per heavy atom. The second-order valence-electron chi connectivity index (χ2n) is 9.15. The fourth-order valence-corrected chi connectivity index (χ4v) is 5.69. The quantitative estimate of drug-likeness (QED) is 0.357. The van der Waals surface area contributed by atoms with E-state index in [9.17, 15) is 0 Å². The van der Waals surface area contributed by atoms with Crippen LogP contribution in [0.5, 0.6) is 0 Å². The molecule has 5 nitrogen and oxygen atoms in total. The highest BCUT2D eigenvalue weighted by atomic mass is 35.5. The van der Waals surface area contributed by atoms with Crippen LogP contribution >= 0.6 is 11.6 Å². The van der Waals surface area contributed by atoms with E-state index >= 15 is 0 Å². The van der Waals surface area contributed by atoms with Gasteiger partial charge in [0.15, 0.2) is 5.82 Å². The average Bonchev–Trinajstić information content (AvgIpc) is 3.27. The van der Waals surface area contributed by atoms with Crippen LogP contribution in [0.3, 0.4) is 0 Å². The third kappa shape index (κ3) is 3.80. The topological polar surface area (TPSA) is 46.8 Å². The van der Waals surface area contributed by atoms with E-state index in [1.807, 2.05) is 24.4 Å². The third-order valence-corrected chi connectivity index (χ3v) is 7.79. The predicted molar refractivity (Wildman–Crippen MR) is 131 cm³/mol. The summed E-state index contributed by atoms with van der Waals surface area (Å²) in [5, 5.41) is 8.55. The van der Waals surface area contributed by atoms with Crippen LogP contribution in [0.1, 0.15) is 54.1 Å². The summed E-state index contributed by atoms with van der Waals surface area (Å²) < 4.78 is 2.09. The van der Waals surface area contributed by atoms with Crippen molar-refractivity contribution in [3.8, 4) is 5.69 Å². The van der Waals surface area contributed by atoms with Gasteiger partial charge in [0.2, 0.25) is 0 Å². The van der Waals surface area contributed by atoms with Crippen LogP contribution in [0.4, 0.5) is 5.82 Å². The molecule has 0 bridgehead atoms. The Morgan fingerprint density at radius 1 is 0.909 bits per heavy atom. The predicted octanol–water partition coefficient (Wildman–Crippen LogP) is 5.97. The molecule has 0 saturated heterocycles. The summed E-state index contributed by atoms with van der Waals surface area (Å²) in [4.78, 5) is 6.51. The van der Waals surface area contributed by atoms with E-state index in [0.29, 0.717) is 12.5 Å².